The fraction of sp³-hybridized carbons (Fsp3) is 0.278. The average Bonchev–Trinajstić information content (AvgIpc) is 3.05. The van der Waals surface area contributed by atoms with Gasteiger partial charge in [-0.05, 0) is 34.4 Å². The number of pyridine rings is 2. The molecule has 1 atom stereocenters. The van der Waals surface area contributed by atoms with Gasteiger partial charge in [0.2, 0.25) is 5.88 Å². The van der Waals surface area contributed by atoms with Crippen LogP contribution in [0.15, 0.2) is 102 Å². The van der Waals surface area contributed by atoms with Gasteiger partial charge in [-0.2, -0.15) is 4.98 Å². The zero-order chi connectivity index (χ0) is 32.9. The topological polar surface area (TPSA) is 85.6 Å². The number of aromatic hydroxyl groups is 1. The summed E-state index contributed by atoms with van der Waals surface area (Å²) < 4.78 is 29.9. The Morgan fingerprint density at radius 3 is 2.09 bits per heavy atom. The van der Waals surface area contributed by atoms with Gasteiger partial charge >= 0.3 is 0 Å². The van der Waals surface area contributed by atoms with E-state index in [1.165, 1.54) is 14.9 Å². The van der Waals surface area contributed by atoms with Crippen molar-refractivity contribution in [3.63, 3.8) is 0 Å². The standard InChI is InChI=1S/C36H39ClFN3O4Si/c1-36(2,3)46(27-16-10-6-11-17-27,28-18-12-7-13-19-28)45-21-20-26(39-4)24-44-35-31-29(42)22-30(43)41(23-25-14-8-5-9-15-25)33(31)32(38)34(37)40-35/h5-19,22,26,39,42H,20-21,23-24H2,1-4H3/t26-/m1/s1. The van der Waals surface area contributed by atoms with Gasteiger partial charge in [-0.3, -0.25) is 4.79 Å². The van der Waals surface area contributed by atoms with Gasteiger partial charge in [0.25, 0.3) is 13.9 Å². The van der Waals surface area contributed by atoms with Crippen molar-refractivity contribution in [1.29, 1.82) is 0 Å². The first-order valence-electron chi connectivity index (χ1n) is 15.3. The summed E-state index contributed by atoms with van der Waals surface area (Å²) in [6, 6.07) is 30.9. The summed E-state index contributed by atoms with van der Waals surface area (Å²) in [5.74, 6) is -1.40. The molecule has 0 amide bonds. The van der Waals surface area contributed by atoms with E-state index in [9.17, 15) is 9.90 Å². The van der Waals surface area contributed by atoms with Gasteiger partial charge in [0.05, 0.1) is 12.1 Å². The lowest BCUT2D eigenvalue weighted by Crippen LogP contribution is -2.66. The monoisotopic (exact) mass is 659 g/mol. The lowest BCUT2D eigenvalue weighted by atomic mass is 10.2. The van der Waals surface area contributed by atoms with E-state index in [1.54, 1.807) is 0 Å². The summed E-state index contributed by atoms with van der Waals surface area (Å²) in [7, 11) is -0.894. The maximum atomic E-state index is 15.5. The maximum absolute atomic E-state index is 15.5. The number of hydrogen-bond donors (Lipinski definition) is 2. The smallest absolute Gasteiger partial charge is 0.261 e. The number of hydrogen-bond acceptors (Lipinski definition) is 6. The van der Waals surface area contributed by atoms with Crippen molar-refractivity contribution in [3.8, 4) is 11.6 Å². The summed E-state index contributed by atoms with van der Waals surface area (Å²) in [5.41, 5.74) is 0.0388. The molecule has 2 heterocycles. The summed E-state index contributed by atoms with van der Waals surface area (Å²) in [6.07, 6.45) is 0.596. The van der Waals surface area contributed by atoms with Crippen LogP contribution in [0.5, 0.6) is 11.6 Å². The van der Waals surface area contributed by atoms with Gasteiger partial charge in [-0.15, -0.1) is 0 Å². The molecule has 10 heteroatoms. The van der Waals surface area contributed by atoms with Crippen molar-refractivity contribution in [2.24, 2.45) is 0 Å². The van der Waals surface area contributed by atoms with Gasteiger partial charge in [-0.1, -0.05) is 123 Å². The molecule has 0 radical (unpaired) electrons. The van der Waals surface area contributed by atoms with E-state index < -0.39 is 30.6 Å². The number of aromatic nitrogens is 2. The molecular weight excluding hydrogens is 621 g/mol. The quantitative estimate of drug-likeness (QED) is 0.129. The normalized spacial score (nSPS) is 12.7. The lowest BCUT2D eigenvalue weighted by Gasteiger charge is -2.43. The SMILES string of the molecule is CN[C@H](CCO[Si](c1ccccc1)(c1ccccc1)C(C)(C)C)COc1nc(Cl)c(F)c2c1c(O)cc(=O)n2Cc1ccccc1. The van der Waals surface area contributed by atoms with Gasteiger partial charge in [0, 0.05) is 18.7 Å². The molecule has 0 fully saturated rings. The Balaban J connectivity index is 1.41. The zero-order valence-electron chi connectivity index (χ0n) is 26.5. The molecule has 7 nitrogen and oxygen atoms in total. The Morgan fingerprint density at radius 1 is 0.978 bits per heavy atom. The molecule has 2 aromatic heterocycles. The molecule has 0 aliphatic carbocycles. The maximum Gasteiger partial charge on any atom is 0.261 e. The Hall–Kier alpha value is -4.02. The van der Waals surface area contributed by atoms with Crippen LogP contribution in [0, 0.1) is 5.82 Å². The Kier molecular flexibility index (Phi) is 10.3. The molecule has 0 aliphatic rings. The number of fused-ring (bicyclic) bond motifs is 1. The van der Waals surface area contributed by atoms with Crippen molar-refractivity contribution < 1.29 is 18.7 Å². The number of halogens is 2. The van der Waals surface area contributed by atoms with Gasteiger partial charge in [-0.25, -0.2) is 4.39 Å². The van der Waals surface area contributed by atoms with Crippen LogP contribution in [0.2, 0.25) is 10.2 Å². The highest BCUT2D eigenvalue weighted by molar-refractivity contribution is 6.99. The second-order valence-electron chi connectivity index (χ2n) is 12.3. The van der Waals surface area contributed by atoms with E-state index in [-0.39, 0.29) is 41.0 Å². The highest BCUT2D eigenvalue weighted by atomic mass is 35.5. The predicted octanol–water partition coefficient (Wildman–Crippen LogP) is 5.88. The minimum Gasteiger partial charge on any atom is -0.507 e. The summed E-state index contributed by atoms with van der Waals surface area (Å²) in [4.78, 5) is 17.0. The van der Waals surface area contributed by atoms with Crippen molar-refractivity contribution in [3.05, 3.63) is 124 Å². The van der Waals surface area contributed by atoms with Gasteiger partial charge in [0.15, 0.2) is 11.0 Å². The average molecular weight is 660 g/mol. The highest BCUT2D eigenvalue weighted by Crippen LogP contribution is 2.37. The number of nitrogens with zero attached hydrogens (tertiary/aromatic N) is 2. The highest BCUT2D eigenvalue weighted by Gasteiger charge is 2.50. The molecule has 0 bridgehead atoms. The van der Waals surface area contributed by atoms with Crippen LogP contribution in [0.4, 0.5) is 4.39 Å². The van der Waals surface area contributed by atoms with Crippen LogP contribution in [0.3, 0.4) is 0 Å². The first-order valence-corrected chi connectivity index (χ1v) is 17.6. The van der Waals surface area contributed by atoms with Crippen LogP contribution in [-0.2, 0) is 11.0 Å². The van der Waals surface area contributed by atoms with Gasteiger partial charge in [0.1, 0.15) is 17.7 Å². The molecule has 0 saturated heterocycles. The van der Waals surface area contributed by atoms with Crippen molar-refractivity contribution in [2.45, 2.75) is 44.8 Å². The fourth-order valence-electron chi connectivity index (χ4n) is 6.00. The molecule has 0 aliphatic heterocycles. The van der Waals surface area contributed by atoms with Gasteiger partial charge < -0.3 is 24.2 Å². The van der Waals surface area contributed by atoms with Crippen LogP contribution >= 0.6 is 11.6 Å². The third kappa shape index (κ3) is 6.73. The van der Waals surface area contributed by atoms with Crippen LogP contribution in [0.25, 0.3) is 10.9 Å². The van der Waals surface area contributed by atoms with Crippen molar-refractivity contribution >= 4 is 41.2 Å². The Labute approximate surface area is 274 Å². The first-order chi connectivity index (χ1) is 22.1. The Bertz CT molecular complexity index is 1790. The largest absolute Gasteiger partial charge is 0.507 e. The molecule has 0 saturated carbocycles. The zero-order valence-corrected chi connectivity index (χ0v) is 28.2. The van der Waals surface area contributed by atoms with E-state index in [0.29, 0.717) is 13.0 Å². The molecule has 5 aromatic rings. The molecule has 46 heavy (non-hydrogen) atoms. The number of ether oxygens (including phenoxy) is 1. The lowest BCUT2D eigenvalue weighted by molar-refractivity contribution is 0.220. The number of benzene rings is 3. The first kappa shape index (κ1) is 33.3. The molecule has 2 N–H and O–H groups in total. The Morgan fingerprint density at radius 2 is 1.54 bits per heavy atom. The number of likely N-dealkylation sites (N-methyl/N-ethyl adjacent to an activating group) is 1. The molecular formula is C36H39ClFN3O4Si. The number of nitrogens with one attached hydrogen (secondary N) is 1. The van der Waals surface area contributed by atoms with Crippen molar-refractivity contribution in [2.75, 3.05) is 20.3 Å². The van der Waals surface area contributed by atoms with E-state index in [1.807, 2.05) is 49.5 Å². The second kappa shape index (κ2) is 14.2. The molecule has 0 unspecified atom stereocenters. The minimum atomic E-state index is -2.72. The van der Waals surface area contributed by atoms with Crippen LogP contribution in [-0.4, -0.2) is 49.3 Å². The molecule has 5 rings (SSSR count). The predicted molar refractivity (Wildman–Crippen MR) is 185 cm³/mol. The summed E-state index contributed by atoms with van der Waals surface area (Å²) >= 11 is 6.22. The number of rotatable bonds is 12. The molecule has 240 valence electrons. The van der Waals surface area contributed by atoms with E-state index in [2.05, 4.69) is 79.6 Å². The summed E-state index contributed by atoms with van der Waals surface area (Å²) in [6.45, 7) is 7.35. The molecule has 0 spiro atoms. The third-order valence-electron chi connectivity index (χ3n) is 8.31. The second-order valence-corrected chi connectivity index (χ2v) is 16.9. The third-order valence-corrected chi connectivity index (χ3v) is 13.6. The van der Waals surface area contributed by atoms with E-state index >= 15 is 4.39 Å². The molecule has 3 aromatic carbocycles. The van der Waals surface area contributed by atoms with E-state index in [0.717, 1.165) is 11.6 Å². The van der Waals surface area contributed by atoms with Crippen LogP contribution in [0.1, 0.15) is 32.8 Å². The van der Waals surface area contributed by atoms with Crippen LogP contribution < -0.4 is 26.0 Å². The van der Waals surface area contributed by atoms with E-state index in [4.69, 9.17) is 20.8 Å². The summed E-state index contributed by atoms with van der Waals surface area (Å²) in [5, 5.41) is 15.8. The minimum absolute atomic E-state index is 0.0177. The fourth-order valence-corrected chi connectivity index (χ4v) is 10.7. The van der Waals surface area contributed by atoms with Crippen molar-refractivity contribution in [1.82, 2.24) is 14.9 Å².